The Labute approximate surface area is 78.5 Å². The minimum absolute atomic E-state index is 0.310. The minimum atomic E-state index is -0.405. The molecule has 0 spiro atoms. The van der Waals surface area contributed by atoms with Gasteiger partial charge in [-0.3, -0.25) is 0 Å². The van der Waals surface area contributed by atoms with Crippen LogP contribution in [-0.4, -0.2) is 25.4 Å². The summed E-state index contributed by atoms with van der Waals surface area (Å²) in [5.41, 5.74) is 0.996. The van der Waals surface area contributed by atoms with E-state index >= 15 is 0 Å². The monoisotopic (exact) mass is 175 g/mol. The van der Waals surface area contributed by atoms with Crippen molar-refractivity contribution in [2.75, 3.05) is 6.61 Å². The van der Waals surface area contributed by atoms with Crippen molar-refractivity contribution in [3.8, 4) is 0 Å². The molecule has 13 heavy (non-hydrogen) atoms. The zero-order chi connectivity index (χ0) is 9.68. The molecular formula is C9H10BNO2. The van der Waals surface area contributed by atoms with Crippen LogP contribution in [0.2, 0.25) is 0 Å². The number of carbonyl (C=O) groups is 1. The normalized spacial score (nSPS) is 9.62. The highest BCUT2D eigenvalue weighted by Crippen LogP contribution is 2.01. The fourth-order valence-electron chi connectivity index (χ4n) is 0.912. The van der Waals surface area contributed by atoms with Gasteiger partial charge in [-0.15, -0.1) is 0 Å². The van der Waals surface area contributed by atoms with Crippen LogP contribution in [0.25, 0.3) is 0 Å². The molecule has 0 aliphatic heterocycles. The van der Waals surface area contributed by atoms with E-state index in [1.54, 1.807) is 25.1 Å². The molecule has 3 nitrogen and oxygen atoms in total. The highest BCUT2D eigenvalue weighted by Gasteiger charge is 2.07. The minimum Gasteiger partial charge on any atom is -0.461 e. The topological polar surface area (TPSA) is 39.2 Å². The summed E-state index contributed by atoms with van der Waals surface area (Å²) in [6.45, 7) is 2.11. The maximum atomic E-state index is 11.2. The molecule has 4 heteroatoms. The second-order valence-corrected chi connectivity index (χ2v) is 2.44. The Morgan fingerprint density at radius 1 is 1.62 bits per heavy atom. The molecule has 1 rings (SSSR count). The Morgan fingerprint density at radius 2 is 2.38 bits per heavy atom. The highest BCUT2D eigenvalue weighted by atomic mass is 16.5. The number of nitrogens with zero attached hydrogens (tertiary/aromatic N) is 1. The van der Waals surface area contributed by atoms with Gasteiger partial charge in [0.25, 0.3) is 0 Å². The van der Waals surface area contributed by atoms with Gasteiger partial charge in [0.2, 0.25) is 0 Å². The number of pyridine rings is 1. The predicted octanol–water partition coefficient (Wildman–Crippen LogP) is 0.927. The van der Waals surface area contributed by atoms with Gasteiger partial charge in [-0.25, -0.2) is 9.78 Å². The standard InChI is InChI=1S/C9H10BNO2/c1-2-13-9(12)8-5-3-4-7(6-10)11-8/h3-5H,2,6H2,1H3. The van der Waals surface area contributed by atoms with Crippen LogP contribution in [0.5, 0.6) is 0 Å². The summed E-state index contributed by atoms with van der Waals surface area (Å²) in [4.78, 5) is 15.2. The molecule has 2 radical (unpaired) electrons. The molecule has 1 heterocycles. The molecular weight excluding hydrogens is 165 g/mol. The number of ether oxygens (including phenoxy) is 1. The van der Waals surface area contributed by atoms with E-state index < -0.39 is 5.97 Å². The van der Waals surface area contributed by atoms with Gasteiger partial charge in [-0.1, -0.05) is 6.07 Å². The van der Waals surface area contributed by atoms with Gasteiger partial charge in [0, 0.05) is 5.69 Å². The van der Waals surface area contributed by atoms with Gasteiger partial charge in [-0.05, 0) is 25.4 Å². The molecule has 0 atom stereocenters. The van der Waals surface area contributed by atoms with Crippen LogP contribution in [-0.2, 0) is 11.1 Å². The third-order valence-corrected chi connectivity index (χ3v) is 1.50. The van der Waals surface area contributed by atoms with Crippen LogP contribution in [0.3, 0.4) is 0 Å². The van der Waals surface area contributed by atoms with Gasteiger partial charge in [-0.2, -0.15) is 0 Å². The molecule has 0 aliphatic rings. The third-order valence-electron chi connectivity index (χ3n) is 1.50. The number of hydrogen-bond acceptors (Lipinski definition) is 3. The number of hydrogen-bond donors (Lipinski definition) is 0. The van der Waals surface area contributed by atoms with Crippen LogP contribution in [0.15, 0.2) is 18.2 Å². The first-order valence-corrected chi connectivity index (χ1v) is 4.11. The average molecular weight is 175 g/mol. The summed E-state index contributed by atoms with van der Waals surface area (Å²) < 4.78 is 4.79. The summed E-state index contributed by atoms with van der Waals surface area (Å²) in [7, 11) is 5.38. The van der Waals surface area contributed by atoms with Gasteiger partial charge in [0.15, 0.2) is 0 Å². The summed E-state index contributed by atoms with van der Waals surface area (Å²) in [5, 5.41) is 0. The Kier molecular flexibility index (Phi) is 3.49. The third kappa shape index (κ3) is 2.58. The average Bonchev–Trinajstić information content (AvgIpc) is 2.18. The lowest BCUT2D eigenvalue weighted by molar-refractivity contribution is 0.0519. The zero-order valence-electron chi connectivity index (χ0n) is 7.49. The molecule has 0 bridgehead atoms. The van der Waals surface area contributed by atoms with Crippen molar-refractivity contribution >= 4 is 13.8 Å². The molecule has 1 aromatic rings. The number of rotatable bonds is 3. The van der Waals surface area contributed by atoms with E-state index in [-0.39, 0.29) is 0 Å². The number of esters is 1. The van der Waals surface area contributed by atoms with Gasteiger partial charge in [0.1, 0.15) is 5.69 Å². The molecule has 0 saturated carbocycles. The lowest BCUT2D eigenvalue weighted by Gasteiger charge is -2.01. The van der Waals surface area contributed by atoms with Crippen molar-refractivity contribution in [3.05, 3.63) is 29.6 Å². The van der Waals surface area contributed by atoms with E-state index in [1.165, 1.54) is 0 Å². The van der Waals surface area contributed by atoms with E-state index in [1.807, 2.05) is 0 Å². The second kappa shape index (κ2) is 4.65. The summed E-state index contributed by atoms with van der Waals surface area (Å²) in [6, 6.07) is 5.11. The molecule has 0 aliphatic carbocycles. The molecule has 0 unspecified atom stereocenters. The Morgan fingerprint density at radius 3 is 3.00 bits per heavy atom. The Balaban J connectivity index is 2.82. The highest BCUT2D eigenvalue weighted by molar-refractivity contribution is 6.08. The molecule has 0 aromatic carbocycles. The first-order valence-electron chi connectivity index (χ1n) is 4.11. The fourth-order valence-corrected chi connectivity index (χ4v) is 0.912. The smallest absolute Gasteiger partial charge is 0.356 e. The van der Waals surface area contributed by atoms with Crippen LogP contribution in [0, 0.1) is 0 Å². The number of carbonyl (C=O) groups excluding carboxylic acids is 1. The Hall–Kier alpha value is -1.32. The van der Waals surface area contributed by atoms with E-state index in [2.05, 4.69) is 4.98 Å². The maximum Gasteiger partial charge on any atom is 0.356 e. The molecule has 0 saturated heterocycles. The maximum absolute atomic E-state index is 11.2. The predicted molar refractivity (Wildman–Crippen MR) is 49.7 cm³/mol. The SMILES string of the molecule is [B]Cc1cccc(C(=O)OCC)n1. The molecule has 0 fully saturated rings. The zero-order valence-corrected chi connectivity index (χ0v) is 7.49. The fraction of sp³-hybridized carbons (Fsp3) is 0.333. The Bertz CT molecular complexity index is 301. The molecule has 0 N–H and O–H groups in total. The van der Waals surface area contributed by atoms with Crippen molar-refractivity contribution < 1.29 is 9.53 Å². The second-order valence-electron chi connectivity index (χ2n) is 2.44. The molecule has 0 amide bonds. The van der Waals surface area contributed by atoms with E-state index in [0.717, 1.165) is 0 Å². The van der Waals surface area contributed by atoms with Crippen LogP contribution >= 0.6 is 0 Å². The van der Waals surface area contributed by atoms with Crippen molar-refractivity contribution in [2.45, 2.75) is 13.2 Å². The molecule has 66 valence electrons. The lowest BCUT2D eigenvalue weighted by Crippen LogP contribution is -2.08. The van der Waals surface area contributed by atoms with Crippen LogP contribution < -0.4 is 0 Å². The van der Waals surface area contributed by atoms with Crippen LogP contribution in [0.4, 0.5) is 0 Å². The van der Waals surface area contributed by atoms with E-state index in [4.69, 9.17) is 12.6 Å². The lowest BCUT2D eigenvalue weighted by atomic mass is 10.0. The van der Waals surface area contributed by atoms with E-state index in [0.29, 0.717) is 24.3 Å². The van der Waals surface area contributed by atoms with Crippen molar-refractivity contribution in [2.24, 2.45) is 0 Å². The molecule has 1 aromatic heterocycles. The first-order chi connectivity index (χ1) is 6.27. The van der Waals surface area contributed by atoms with Crippen molar-refractivity contribution in [1.82, 2.24) is 4.98 Å². The first kappa shape index (κ1) is 9.77. The van der Waals surface area contributed by atoms with Crippen LogP contribution in [0.1, 0.15) is 23.1 Å². The largest absolute Gasteiger partial charge is 0.461 e. The van der Waals surface area contributed by atoms with Crippen molar-refractivity contribution in [3.63, 3.8) is 0 Å². The quantitative estimate of drug-likeness (QED) is 0.506. The van der Waals surface area contributed by atoms with Gasteiger partial charge >= 0.3 is 5.97 Å². The van der Waals surface area contributed by atoms with Gasteiger partial charge < -0.3 is 4.74 Å². The van der Waals surface area contributed by atoms with Gasteiger partial charge in [0.05, 0.1) is 14.5 Å². The van der Waals surface area contributed by atoms with E-state index in [9.17, 15) is 4.79 Å². The number of aromatic nitrogens is 1. The summed E-state index contributed by atoms with van der Waals surface area (Å²) in [6.07, 6.45) is 0.327. The summed E-state index contributed by atoms with van der Waals surface area (Å²) >= 11 is 0. The summed E-state index contributed by atoms with van der Waals surface area (Å²) in [5.74, 6) is -0.405. The van der Waals surface area contributed by atoms with Crippen molar-refractivity contribution in [1.29, 1.82) is 0 Å².